The van der Waals surface area contributed by atoms with Crippen LogP contribution in [0.5, 0.6) is 0 Å². The highest BCUT2D eigenvalue weighted by Crippen LogP contribution is 2.17. The zero-order chi connectivity index (χ0) is 12.3. The number of carboxylic acid groups (broad SMARTS) is 1. The van der Waals surface area contributed by atoms with Gasteiger partial charge < -0.3 is 10.8 Å². The Labute approximate surface area is 101 Å². The van der Waals surface area contributed by atoms with Gasteiger partial charge in [-0.15, -0.1) is 0 Å². The molecule has 0 aliphatic rings. The molecular weight excluding hydrogens is 298 g/mol. The summed E-state index contributed by atoms with van der Waals surface area (Å²) in [6.45, 7) is 0. The number of carbonyl (C=O) groups is 1. The van der Waals surface area contributed by atoms with Gasteiger partial charge in [0.2, 0.25) is 0 Å². The maximum atomic E-state index is 11.7. The summed E-state index contributed by atoms with van der Waals surface area (Å²) in [5.74, 6) is -1.95. The first-order chi connectivity index (χ1) is 7.33. The van der Waals surface area contributed by atoms with Crippen molar-refractivity contribution in [2.24, 2.45) is 5.73 Å². The molecule has 1 unspecified atom stereocenters. The molecule has 1 atom stereocenters. The number of carboxylic acids is 1. The van der Waals surface area contributed by atoms with Crippen LogP contribution in [0, 0.1) is 0 Å². The first kappa shape index (κ1) is 13.1. The fourth-order valence-corrected chi connectivity index (χ4v) is 3.02. The van der Waals surface area contributed by atoms with Crippen molar-refractivity contribution in [1.29, 1.82) is 0 Å². The van der Waals surface area contributed by atoms with Gasteiger partial charge in [0.1, 0.15) is 6.04 Å². The molecule has 1 aromatic rings. The monoisotopic (exact) mass is 307 g/mol. The van der Waals surface area contributed by atoms with Gasteiger partial charge in [0, 0.05) is 4.47 Å². The molecule has 1 rings (SSSR count). The van der Waals surface area contributed by atoms with Crippen LogP contribution in [-0.4, -0.2) is 31.3 Å². The van der Waals surface area contributed by atoms with E-state index in [1.165, 1.54) is 12.1 Å². The van der Waals surface area contributed by atoms with Crippen LogP contribution in [0.1, 0.15) is 0 Å². The number of nitrogens with two attached hydrogens (primary N) is 1. The molecule has 16 heavy (non-hydrogen) atoms. The Morgan fingerprint density at radius 1 is 1.50 bits per heavy atom. The Bertz CT molecular complexity index is 500. The molecule has 0 aromatic heterocycles. The molecule has 88 valence electrons. The molecule has 0 saturated carbocycles. The topological polar surface area (TPSA) is 97.5 Å². The summed E-state index contributed by atoms with van der Waals surface area (Å²) in [6.07, 6.45) is 0. The molecular formula is C9H10BrNO4S. The quantitative estimate of drug-likeness (QED) is 0.850. The lowest BCUT2D eigenvalue weighted by Gasteiger charge is -2.08. The number of halogens is 1. The summed E-state index contributed by atoms with van der Waals surface area (Å²) in [5.41, 5.74) is 5.19. The molecule has 7 heteroatoms. The van der Waals surface area contributed by atoms with Crippen molar-refractivity contribution < 1.29 is 18.3 Å². The van der Waals surface area contributed by atoms with Gasteiger partial charge in [0.15, 0.2) is 9.84 Å². The zero-order valence-corrected chi connectivity index (χ0v) is 10.5. The molecule has 1 aromatic carbocycles. The average molecular weight is 308 g/mol. The predicted octanol–water partition coefficient (Wildman–Crippen LogP) is 0.635. The molecule has 0 fully saturated rings. The van der Waals surface area contributed by atoms with E-state index in [9.17, 15) is 13.2 Å². The maximum Gasteiger partial charge on any atom is 0.321 e. The summed E-state index contributed by atoms with van der Waals surface area (Å²) in [4.78, 5) is 10.5. The molecule has 0 spiro atoms. The Kier molecular flexibility index (Phi) is 4.06. The number of aliphatic carboxylic acids is 1. The highest BCUT2D eigenvalue weighted by Gasteiger charge is 2.23. The standard InChI is InChI=1S/C9H10BrNO4S/c10-6-2-1-3-7(4-6)16(14,15)5-8(11)9(12)13/h1-4,8H,5,11H2,(H,12,13). The van der Waals surface area contributed by atoms with E-state index in [-0.39, 0.29) is 4.90 Å². The molecule has 0 amide bonds. The van der Waals surface area contributed by atoms with Crippen LogP contribution in [0.3, 0.4) is 0 Å². The van der Waals surface area contributed by atoms with Crippen molar-refractivity contribution in [2.75, 3.05) is 5.75 Å². The summed E-state index contributed by atoms with van der Waals surface area (Å²) in [7, 11) is -3.66. The highest BCUT2D eigenvalue weighted by molar-refractivity contribution is 9.10. The van der Waals surface area contributed by atoms with Gasteiger partial charge in [-0.25, -0.2) is 8.42 Å². The van der Waals surface area contributed by atoms with Gasteiger partial charge in [0.05, 0.1) is 10.6 Å². The number of hydrogen-bond acceptors (Lipinski definition) is 4. The van der Waals surface area contributed by atoms with E-state index in [4.69, 9.17) is 10.8 Å². The SMILES string of the molecule is NC(CS(=O)(=O)c1cccc(Br)c1)C(=O)O. The lowest BCUT2D eigenvalue weighted by molar-refractivity contribution is -0.137. The number of benzene rings is 1. The van der Waals surface area contributed by atoms with Crippen molar-refractivity contribution in [3.05, 3.63) is 28.7 Å². The normalized spacial score (nSPS) is 13.4. The van der Waals surface area contributed by atoms with Crippen molar-refractivity contribution >= 4 is 31.7 Å². The molecule has 0 bridgehead atoms. The Morgan fingerprint density at radius 3 is 2.62 bits per heavy atom. The number of hydrogen-bond donors (Lipinski definition) is 2. The summed E-state index contributed by atoms with van der Waals surface area (Å²) in [5, 5.41) is 8.55. The maximum absolute atomic E-state index is 11.7. The molecule has 0 saturated heterocycles. The number of sulfone groups is 1. The van der Waals surface area contributed by atoms with E-state index < -0.39 is 27.6 Å². The average Bonchev–Trinajstić information content (AvgIpc) is 2.17. The van der Waals surface area contributed by atoms with Gasteiger partial charge in [-0.1, -0.05) is 22.0 Å². The third-order valence-electron chi connectivity index (χ3n) is 1.87. The van der Waals surface area contributed by atoms with E-state index in [1.807, 2.05) is 0 Å². The van der Waals surface area contributed by atoms with E-state index in [0.29, 0.717) is 4.47 Å². The van der Waals surface area contributed by atoms with Crippen molar-refractivity contribution in [3.8, 4) is 0 Å². The van der Waals surface area contributed by atoms with E-state index >= 15 is 0 Å². The van der Waals surface area contributed by atoms with E-state index in [2.05, 4.69) is 15.9 Å². The summed E-state index contributed by atoms with van der Waals surface area (Å²) >= 11 is 3.14. The minimum atomic E-state index is -3.66. The summed E-state index contributed by atoms with van der Waals surface area (Å²) < 4.78 is 24.1. The smallest absolute Gasteiger partial charge is 0.321 e. The van der Waals surface area contributed by atoms with Crippen molar-refractivity contribution in [2.45, 2.75) is 10.9 Å². The van der Waals surface area contributed by atoms with Gasteiger partial charge in [-0.05, 0) is 18.2 Å². The second kappa shape index (κ2) is 4.94. The molecule has 0 heterocycles. The van der Waals surface area contributed by atoms with Gasteiger partial charge >= 0.3 is 5.97 Å². The van der Waals surface area contributed by atoms with Crippen LogP contribution < -0.4 is 5.73 Å². The lowest BCUT2D eigenvalue weighted by Crippen LogP contribution is -2.37. The predicted molar refractivity (Wildman–Crippen MR) is 61.8 cm³/mol. The number of rotatable bonds is 4. The second-order valence-corrected chi connectivity index (χ2v) is 6.13. The minimum Gasteiger partial charge on any atom is -0.480 e. The van der Waals surface area contributed by atoms with Crippen molar-refractivity contribution in [1.82, 2.24) is 0 Å². The molecule has 3 N–H and O–H groups in total. The lowest BCUT2D eigenvalue weighted by atomic mass is 10.4. The summed E-state index contributed by atoms with van der Waals surface area (Å²) in [6, 6.07) is 4.63. The molecule has 0 aliphatic carbocycles. The molecule has 5 nitrogen and oxygen atoms in total. The minimum absolute atomic E-state index is 0.0542. The first-order valence-corrected chi connectivity index (χ1v) is 6.74. The Morgan fingerprint density at radius 2 is 2.12 bits per heavy atom. The molecule has 0 aliphatic heterocycles. The van der Waals surface area contributed by atoms with Gasteiger partial charge in [-0.2, -0.15) is 0 Å². The van der Waals surface area contributed by atoms with Gasteiger partial charge in [-0.3, -0.25) is 4.79 Å². The largest absolute Gasteiger partial charge is 0.480 e. The van der Waals surface area contributed by atoms with Crippen LogP contribution in [0.4, 0.5) is 0 Å². The van der Waals surface area contributed by atoms with Crippen molar-refractivity contribution in [3.63, 3.8) is 0 Å². The Balaban J connectivity index is 2.99. The third kappa shape index (κ3) is 3.29. The highest BCUT2D eigenvalue weighted by atomic mass is 79.9. The second-order valence-electron chi connectivity index (χ2n) is 3.18. The van der Waals surface area contributed by atoms with Crippen LogP contribution >= 0.6 is 15.9 Å². The van der Waals surface area contributed by atoms with E-state index in [0.717, 1.165) is 0 Å². The van der Waals surface area contributed by atoms with Crippen LogP contribution in [0.2, 0.25) is 0 Å². The van der Waals surface area contributed by atoms with Crippen LogP contribution in [-0.2, 0) is 14.6 Å². The van der Waals surface area contributed by atoms with Crippen LogP contribution in [0.15, 0.2) is 33.6 Å². The third-order valence-corrected chi connectivity index (χ3v) is 4.13. The Hall–Kier alpha value is -0.920. The fraction of sp³-hybridized carbons (Fsp3) is 0.222. The van der Waals surface area contributed by atoms with Gasteiger partial charge in [0.25, 0.3) is 0 Å². The molecule has 0 radical (unpaired) electrons. The van der Waals surface area contributed by atoms with Crippen LogP contribution in [0.25, 0.3) is 0 Å². The first-order valence-electron chi connectivity index (χ1n) is 4.29. The zero-order valence-electron chi connectivity index (χ0n) is 8.13. The fourth-order valence-electron chi connectivity index (χ4n) is 1.06. The van der Waals surface area contributed by atoms with E-state index in [1.54, 1.807) is 12.1 Å².